The van der Waals surface area contributed by atoms with Crippen molar-refractivity contribution in [2.24, 2.45) is 0 Å². The van der Waals surface area contributed by atoms with Crippen LogP contribution >= 0.6 is 11.8 Å². The number of nitrogens with one attached hydrogen (secondary N) is 1. The number of nitrogens with zero attached hydrogens (tertiary/aromatic N) is 3. The molecule has 21 heavy (non-hydrogen) atoms. The molecule has 1 aromatic rings. The molecule has 1 heterocycles. The Bertz CT molecular complexity index is 552. The van der Waals surface area contributed by atoms with E-state index in [1.807, 2.05) is 0 Å². The second kappa shape index (κ2) is 7.44. The van der Waals surface area contributed by atoms with Crippen LogP contribution in [0.5, 0.6) is 0 Å². The van der Waals surface area contributed by atoms with E-state index in [4.69, 9.17) is 5.84 Å². The lowest BCUT2D eigenvalue weighted by Gasteiger charge is -2.16. The van der Waals surface area contributed by atoms with E-state index in [1.165, 1.54) is 25.7 Å². The van der Waals surface area contributed by atoms with Gasteiger partial charge in [-0.1, -0.05) is 37.4 Å². The number of aryl methyl sites for hydroxylation is 1. The van der Waals surface area contributed by atoms with Crippen molar-refractivity contribution in [2.45, 2.75) is 56.6 Å². The Kier molecular flexibility index (Phi) is 5.60. The number of nitrogens with two attached hydrogens (primary N) is 1. The minimum absolute atomic E-state index is 0.0540. The van der Waals surface area contributed by atoms with Crippen molar-refractivity contribution in [3.63, 3.8) is 0 Å². The zero-order valence-electron chi connectivity index (χ0n) is 12.2. The first-order valence-electron chi connectivity index (χ1n) is 7.21. The van der Waals surface area contributed by atoms with Crippen LogP contribution in [0.25, 0.3) is 0 Å². The zero-order chi connectivity index (χ0) is 15.2. The summed E-state index contributed by atoms with van der Waals surface area (Å²) in [6.07, 6.45) is 6.93. The molecule has 1 saturated carbocycles. The fourth-order valence-electron chi connectivity index (χ4n) is 2.39. The van der Waals surface area contributed by atoms with Crippen LogP contribution in [0.3, 0.4) is 0 Å². The normalized spacial score (nSPS) is 16.4. The van der Waals surface area contributed by atoms with E-state index in [-0.39, 0.29) is 28.6 Å². The number of carbonyl (C=O) groups excluding carboxylic acids is 1. The number of rotatable bonds is 4. The van der Waals surface area contributed by atoms with Crippen LogP contribution in [0.2, 0.25) is 0 Å². The summed E-state index contributed by atoms with van der Waals surface area (Å²) in [6.45, 7) is 1.55. The monoisotopic (exact) mass is 311 g/mol. The van der Waals surface area contributed by atoms with E-state index in [1.54, 1.807) is 6.92 Å². The Labute approximate surface area is 127 Å². The van der Waals surface area contributed by atoms with Gasteiger partial charge in [-0.25, -0.2) is 0 Å². The van der Waals surface area contributed by atoms with Gasteiger partial charge in [0.15, 0.2) is 0 Å². The fraction of sp³-hybridized carbons (Fsp3) is 0.692. The van der Waals surface area contributed by atoms with Crippen molar-refractivity contribution in [1.82, 2.24) is 20.2 Å². The number of nitrogen functional groups attached to an aromatic ring is 1. The summed E-state index contributed by atoms with van der Waals surface area (Å²) < 4.78 is 0.936. The highest BCUT2D eigenvalue weighted by molar-refractivity contribution is 7.99. The quantitative estimate of drug-likeness (QED) is 0.479. The summed E-state index contributed by atoms with van der Waals surface area (Å²) in [7, 11) is 0. The van der Waals surface area contributed by atoms with Crippen LogP contribution in [0.4, 0.5) is 0 Å². The summed E-state index contributed by atoms with van der Waals surface area (Å²) in [5.41, 5.74) is -0.151. The van der Waals surface area contributed by atoms with Gasteiger partial charge in [-0.3, -0.25) is 9.59 Å². The number of hydrogen-bond donors (Lipinski definition) is 2. The highest BCUT2D eigenvalue weighted by Crippen LogP contribution is 2.17. The molecule has 0 spiro atoms. The first-order chi connectivity index (χ1) is 10.1. The van der Waals surface area contributed by atoms with Gasteiger partial charge in [-0.05, 0) is 19.8 Å². The molecular formula is C13H21N5O2S. The minimum Gasteiger partial charge on any atom is -0.353 e. The molecule has 1 aromatic heterocycles. The molecule has 2 rings (SSSR count). The lowest BCUT2D eigenvalue weighted by atomic mass is 10.1. The van der Waals surface area contributed by atoms with E-state index < -0.39 is 5.56 Å². The van der Waals surface area contributed by atoms with E-state index in [9.17, 15) is 9.59 Å². The van der Waals surface area contributed by atoms with E-state index >= 15 is 0 Å². The van der Waals surface area contributed by atoms with Gasteiger partial charge < -0.3 is 11.2 Å². The summed E-state index contributed by atoms with van der Waals surface area (Å²) >= 11 is 1.12. The lowest BCUT2D eigenvalue weighted by Crippen LogP contribution is -2.36. The molecule has 0 saturated heterocycles. The number of carbonyl (C=O) groups is 1. The first-order valence-corrected chi connectivity index (χ1v) is 8.20. The third-order valence-corrected chi connectivity index (χ3v) is 4.52. The van der Waals surface area contributed by atoms with E-state index in [0.29, 0.717) is 0 Å². The molecule has 1 fully saturated rings. The molecule has 0 bridgehead atoms. The predicted octanol–water partition coefficient (Wildman–Crippen LogP) is 0.592. The Morgan fingerprint density at radius 3 is 2.67 bits per heavy atom. The van der Waals surface area contributed by atoms with Gasteiger partial charge in [0, 0.05) is 6.04 Å². The van der Waals surface area contributed by atoms with Gasteiger partial charge in [0.25, 0.3) is 5.56 Å². The van der Waals surface area contributed by atoms with Crippen molar-refractivity contribution in [2.75, 3.05) is 11.6 Å². The van der Waals surface area contributed by atoms with Gasteiger partial charge in [0.2, 0.25) is 11.1 Å². The van der Waals surface area contributed by atoms with Gasteiger partial charge in [-0.15, -0.1) is 10.2 Å². The second-order valence-corrected chi connectivity index (χ2v) is 6.23. The molecule has 0 unspecified atom stereocenters. The summed E-state index contributed by atoms with van der Waals surface area (Å²) in [6, 6.07) is 0.268. The maximum absolute atomic E-state index is 12.0. The molecule has 7 nitrogen and oxygen atoms in total. The van der Waals surface area contributed by atoms with Gasteiger partial charge in [-0.2, -0.15) is 4.68 Å². The van der Waals surface area contributed by atoms with Crippen molar-refractivity contribution in [3.8, 4) is 0 Å². The molecule has 8 heteroatoms. The van der Waals surface area contributed by atoms with Crippen LogP contribution in [0.1, 0.15) is 44.2 Å². The Hall–Kier alpha value is -1.57. The molecule has 3 N–H and O–H groups in total. The maximum Gasteiger partial charge on any atom is 0.294 e. The minimum atomic E-state index is -0.392. The molecule has 0 radical (unpaired) electrons. The van der Waals surface area contributed by atoms with Crippen LogP contribution in [-0.4, -0.2) is 32.6 Å². The van der Waals surface area contributed by atoms with Crippen molar-refractivity contribution in [1.29, 1.82) is 0 Å². The molecule has 0 aliphatic heterocycles. The molecule has 0 atom stereocenters. The Balaban J connectivity index is 1.86. The molecule has 1 amide bonds. The van der Waals surface area contributed by atoms with Gasteiger partial charge in [0.1, 0.15) is 5.69 Å². The van der Waals surface area contributed by atoms with Crippen LogP contribution < -0.4 is 16.7 Å². The fourth-order valence-corrected chi connectivity index (χ4v) is 3.06. The summed E-state index contributed by atoms with van der Waals surface area (Å²) in [5, 5.41) is 10.9. The van der Waals surface area contributed by atoms with Crippen molar-refractivity contribution >= 4 is 17.7 Å². The zero-order valence-corrected chi connectivity index (χ0v) is 13.0. The standard InChI is InChI=1S/C13H21N5O2S/c1-9-12(20)18(14)13(17-16-9)21-8-11(19)15-10-6-4-2-3-5-7-10/h10H,2-8,14H2,1H3,(H,15,19). The SMILES string of the molecule is Cc1nnc(SCC(=O)NC2CCCCCC2)n(N)c1=O. The Morgan fingerprint density at radius 1 is 1.33 bits per heavy atom. The van der Waals surface area contributed by atoms with Gasteiger partial charge in [0.05, 0.1) is 5.75 Å². The van der Waals surface area contributed by atoms with Crippen LogP contribution in [0.15, 0.2) is 9.95 Å². The smallest absolute Gasteiger partial charge is 0.294 e. The third kappa shape index (κ3) is 4.45. The van der Waals surface area contributed by atoms with Crippen molar-refractivity contribution < 1.29 is 4.79 Å². The summed E-state index contributed by atoms with van der Waals surface area (Å²) in [4.78, 5) is 23.6. The number of amides is 1. The topological polar surface area (TPSA) is 103 Å². The average Bonchev–Trinajstić information content (AvgIpc) is 2.73. The predicted molar refractivity (Wildman–Crippen MR) is 81.5 cm³/mol. The Morgan fingerprint density at radius 2 is 2.00 bits per heavy atom. The number of hydrogen-bond acceptors (Lipinski definition) is 6. The van der Waals surface area contributed by atoms with Gasteiger partial charge >= 0.3 is 0 Å². The molecule has 116 valence electrons. The van der Waals surface area contributed by atoms with E-state index in [2.05, 4.69) is 15.5 Å². The average molecular weight is 311 g/mol. The number of aromatic nitrogens is 3. The molecule has 0 aromatic carbocycles. The first kappa shape index (κ1) is 15.8. The largest absolute Gasteiger partial charge is 0.353 e. The van der Waals surface area contributed by atoms with Crippen LogP contribution in [0, 0.1) is 6.92 Å². The highest BCUT2D eigenvalue weighted by atomic mass is 32.2. The highest BCUT2D eigenvalue weighted by Gasteiger charge is 2.16. The molecular weight excluding hydrogens is 290 g/mol. The third-order valence-electron chi connectivity index (χ3n) is 3.57. The van der Waals surface area contributed by atoms with Crippen molar-refractivity contribution in [3.05, 3.63) is 16.0 Å². The maximum atomic E-state index is 12.0. The number of thioether (sulfide) groups is 1. The van der Waals surface area contributed by atoms with Crippen LogP contribution in [-0.2, 0) is 4.79 Å². The van der Waals surface area contributed by atoms with E-state index in [0.717, 1.165) is 29.3 Å². The second-order valence-electron chi connectivity index (χ2n) is 5.29. The molecule has 1 aliphatic rings. The lowest BCUT2D eigenvalue weighted by molar-refractivity contribution is -0.119. The summed E-state index contributed by atoms with van der Waals surface area (Å²) in [5.74, 6) is 5.76. The molecule has 1 aliphatic carbocycles.